The Morgan fingerprint density at radius 2 is 2.53 bits per heavy atom. The second-order valence-corrected chi connectivity index (χ2v) is 2.35. The van der Waals surface area contributed by atoms with Crippen LogP contribution in [0.2, 0.25) is 0 Å². The molecule has 1 aromatic rings. The molecule has 0 aliphatic carbocycles. The summed E-state index contributed by atoms with van der Waals surface area (Å²) in [5.41, 5.74) is 0. The van der Waals surface area contributed by atoms with Crippen LogP contribution in [0.5, 0.6) is 0 Å². The third-order valence-electron chi connectivity index (χ3n) is 1.31. The van der Waals surface area contributed by atoms with Crippen LogP contribution in [-0.4, -0.2) is 32.3 Å². The van der Waals surface area contributed by atoms with Gasteiger partial charge in [0.15, 0.2) is 0 Å². The lowest BCUT2D eigenvalue weighted by atomic mass is 10.6. The van der Waals surface area contributed by atoms with Crippen molar-refractivity contribution >= 4 is 18.1 Å². The van der Waals surface area contributed by atoms with E-state index in [1.54, 1.807) is 6.92 Å². The summed E-state index contributed by atoms with van der Waals surface area (Å²) in [4.78, 5) is 23.7. The molecule has 15 heavy (non-hydrogen) atoms. The molecule has 1 rings (SSSR count). The highest BCUT2D eigenvalue weighted by atomic mass is 16.6. The summed E-state index contributed by atoms with van der Waals surface area (Å²) in [5, 5.41) is 13.7. The molecule has 0 aromatic carbocycles. The van der Waals surface area contributed by atoms with E-state index < -0.39 is 16.8 Å². The minimum atomic E-state index is -0.727. The van der Waals surface area contributed by atoms with Crippen molar-refractivity contribution in [2.24, 2.45) is 0 Å². The minimum absolute atomic E-state index is 0.265. The third-order valence-corrected chi connectivity index (χ3v) is 1.31. The first kappa shape index (κ1) is 10.8. The van der Waals surface area contributed by atoms with Gasteiger partial charge < -0.3 is 14.9 Å². The van der Waals surface area contributed by atoms with Crippen molar-refractivity contribution in [1.82, 2.24) is 14.8 Å². The monoisotopic (exact) mass is 212 g/mol. The Balaban J connectivity index is 2.64. The predicted molar refractivity (Wildman–Crippen MR) is 48.6 cm³/mol. The Morgan fingerprint density at radius 1 is 1.80 bits per heavy atom. The molecule has 0 amide bonds. The summed E-state index contributed by atoms with van der Waals surface area (Å²) in [7, 11) is 0. The zero-order chi connectivity index (χ0) is 11.3. The van der Waals surface area contributed by atoms with Gasteiger partial charge in [0.25, 0.3) is 0 Å². The quantitative estimate of drug-likeness (QED) is 0.306. The van der Waals surface area contributed by atoms with E-state index in [2.05, 4.69) is 14.8 Å². The van der Waals surface area contributed by atoms with Crippen molar-refractivity contribution in [1.29, 1.82) is 0 Å². The molecule has 0 unspecified atom stereocenters. The number of ether oxygens (including phenoxy) is 1. The zero-order valence-electron chi connectivity index (χ0n) is 7.86. The number of hydrogen-bond acceptors (Lipinski definition) is 6. The number of rotatable bonds is 4. The average molecular weight is 212 g/mol. The van der Waals surface area contributed by atoms with E-state index in [4.69, 9.17) is 0 Å². The van der Waals surface area contributed by atoms with Crippen LogP contribution < -0.4 is 0 Å². The molecule has 0 fully saturated rings. The van der Waals surface area contributed by atoms with Crippen molar-refractivity contribution in [3.05, 3.63) is 22.5 Å². The smallest absolute Gasteiger partial charge is 0.463 e. The molecule has 0 N–H and O–H groups in total. The second-order valence-electron chi connectivity index (χ2n) is 2.35. The number of nitro groups is 1. The van der Waals surface area contributed by atoms with Crippen LogP contribution in [0.3, 0.4) is 0 Å². The fourth-order valence-corrected chi connectivity index (χ4v) is 0.749. The van der Waals surface area contributed by atoms with Crippen molar-refractivity contribution in [3.63, 3.8) is 0 Å². The Bertz CT molecular complexity index is 397. The summed E-state index contributed by atoms with van der Waals surface area (Å²) in [6.45, 7) is 1.94. The highest BCUT2D eigenvalue weighted by Gasteiger charge is 2.11. The molecule has 1 aromatic heterocycles. The Hall–Kier alpha value is -2.25. The maximum atomic E-state index is 10.9. The fourth-order valence-electron chi connectivity index (χ4n) is 0.749. The number of carbonyl (C=O) groups is 1. The second kappa shape index (κ2) is 4.84. The van der Waals surface area contributed by atoms with Crippen molar-refractivity contribution < 1.29 is 14.5 Å². The van der Waals surface area contributed by atoms with E-state index in [1.165, 1.54) is 6.20 Å². The van der Waals surface area contributed by atoms with Gasteiger partial charge in [-0.05, 0) is 11.8 Å². The molecule has 8 heteroatoms. The van der Waals surface area contributed by atoms with Gasteiger partial charge in [0, 0.05) is 11.2 Å². The van der Waals surface area contributed by atoms with E-state index >= 15 is 0 Å². The molecule has 80 valence electrons. The molecular formula is C7H8N4O4. The van der Waals surface area contributed by atoms with Crippen LogP contribution in [0.1, 0.15) is 6.92 Å². The van der Waals surface area contributed by atoms with Crippen molar-refractivity contribution in [3.8, 4) is 0 Å². The zero-order valence-corrected chi connectivity index (χ0v) is 7.86. The maximum absolute atomic E-state index is 10.9. The minimum Gasteiger partial charge on any atom is -0.463 e. The van der Waals surface area contributed by atoms with Gasteiger partial charge in [0.05, 0.1) is 12.8 Å². The first-order valence-electron chi connectivity index (χ1n) is 4.04. The molecule has 0 bridgehead atoms. The molecule has 1 heterocycles. The summed E-state index contributed by atoms with van der Waals surface area (Å²) < 4.78 is 5.65. The van der Waals surface area contributed by atoms with Gasteiger partial charge in [-0.3, -0.25) is 0 Å². The van der Waals surface area contributed by atoms with Crippen LogP contribution >= 0.6 is 0 Å². The van der Waals surface area contributed by atoms with Crippen molar-refractivity contribution in [2.75, 3.05) is 6.61 Å². The molecule has 0 spiro atoms. The summed E-state index contributed by atoms with van der Waals surface area (Å²) in [6, 6.07) is 0. The largest absolute Gasteiger partial charge is 0.491 e. The molecule has 8 nitrogen and oxygen atoms in total. The number of esters is 1. The van der Waals surface area contributed by atoms with E-state index in [0.717, 1.165) is 17.1 Å². The normalized spacial score (nSPS) is 10.5. The highest BCUT2D eigenvalue weighted by molar-refractivity contribution is 5.84. The van der Waals surface area contributed by atoms with Gasteiger partial charge in [0.1, 0.15) is 0 Å². The maximum Gasteiger partial charge on any atom is 0.491 e. The van der Waals surface area contributed by atoms with Gasteiger partial charge in [-0.25, -0.2) is 4.79 Å². The Labute approximate surface area is 84.3 Å². The lowest BCUT2D eigenvalue weighted by molar-refractivity contribution is -0.394. The third kappa shape index (κ3) is 3.18. The van der Waals surface area contributed by atoms with Gasteiger partial charge >= 0.3 is 11.9 Å². The van der Waals surface area contributed by atoms with Crippen LogP contribution in [0, 0.1) is 10.1 Å². The van der Waals surface area contributed by atoms with Crippen LogP contribution in [-0.2, 0) is 9.53 Å². The van der Waals surface area contributed by atoms with E-state index in [1.807, 2.05) is 0 Å². The Kier molecular flexibility index (Phi) is 3.49. The van der Waals surface area contributed by atoms with Crippen LogP contribution in [0.15, 0.2) is 12.4 Å². The topological polar surface area (TPSA) is 100 Å². The molecule has 0 aliphatic rings. The van der Waals surface area contributed by atoms with Gasteiger partial charge in [-0.15, -0.1) is 4.68 Å². The van der Waals surface area contributed by atoms with Crippen LogP contribution in [0.4, 0.5) is 5.95 Å². The number of carbonyl (C=O) groups excluding carboxylic acids is 1. The molecule has 0 radical (unpaired) electrons. The lowest BCUT2D eigenvalue weighted by Gasteiger charge is -1.92. The summed E-state index contributed by atoms with van der Waals surface area (Å²) >= 11 is 0. The fraction of sp³-hybridized carbons (Fsp3) is 0.286. The standard InChI is InChI=1S/C7H8N4O4/c1-2-15-6(12)3-4-10-5-8-7(9-10)11(13)14/h3-5H,2H2,1H3. The summed E-state index contributed by atoms with van der Waals surface area (Å²) in [5.74, 6) is -1.07. The number of aromatic nitrogens is 3. The SMILES string of the molecule is CCOC(=O)C=Cn1cnc([N+](=O)[O-])n1. The first-order chi connectivity index (χ1) is 7.13. The molecule has 0 saturated heterocycles. The van der Waals surface area contributed by atoms with Crippen molar-refractivity contribution in [2.45, 2.75) is 6.92 Å². The lowest BCUT2D eigenvalue weighted by Crippen LogP contribution is -2.00. The number of nitrogens with zero attached hydrogens (tertiary/aromatic N) is 4. The van der Waals surface area contributed by atoms with E-state index in [-0.39, 0.29) is 6.61 Å². The Morgan fingerprint density at radius 3 is 3.07 bits per heavy atom. The van der Waals surface area contributed by atoms with Gasteiger partial charge in [-0.1, -0.05) is 4.98 Å². The number of hydrogen-bond donors (Lipinski definition) is 0. The highest BCUT2D eigenvalue weighted by Crippen LogP contribution is 1.99. The predicted octanol–water partition coefficient (Wildman–Crippen LogP) is 0.220. The van der Waals surface area contributed by atoms with E-state index in [0.29, 0.717) is 0 Å². The summed E-state index contributed by atoms with van der Waals surface area (Å²) in [6.07, 6.45) is 3.44. The van der Waals surface area contributed by atoms with Gasteiger partial charge in [0.2, 0.25) is 6.33 Å². The molecule has 0 saturated carbocycles. The van der Waals surface area contributed by atoms with Gasteiger partial charge in [-0.2, -0.15) is 0 Å². The molecular weight excluding hydrogens is 204 g/mol. The molecule has 0 atom stereocenters. The van der Waals surface area contributed by atoms with E-state index in [9.17, 15) is 14.9 Å². The first-order valence-corrected chi connectivity index (χ1v) is 4.04. The molecule has 0 aliphatic heterocycles. The average Bonchev–Trinajstić information content (AvgIpc) is 2.63. The van der Waals surface area contributed by atoms with Crippen LogP contribution in [0.25, 0.3) is 6.20 Å².